The Labute approximate surface area is 145 Å². The van der Waals surface area contributed by atoms with E-state index in [2.05, 4.69) is 15.3 Å². The monoisotopic (exact) mass is 338 g/mol. The standard InChI is InChI=1S/C18H18N4O3/c1-24-15-4-3-14(9-16(15)25-2)18(23)21-17-11-22(12-20-17)10-13-5-7-19-8-6-13/h3-9,11-12H,10H2,1-2H3,(H,21,23). The van der Waals surface area contributed by atoms with Crippen LogP contribution in [0.25, 0.3) is 0 Å². The number of carbonyl (C=O) groups excluding carboxylic acids is 1. The lowest BCUT2D eigenvalue weighted by atomic mass is 10.2. The number of amides is 1. The summed E-state index contributed by atoms with van der Waals surface area (Å²) < 4.78 is 12.3. The largest absolute Gasteiger partial charge is 0.493 e. The SMILES string of the molecule is COc1ccc(C(=O)Nc2cn(Cc3ccncc3)cn2)cc1OC. The molecule has 1 N–H and O–H groups in total. The number of hydrogen-bond acceptors (Lipinski definition) is 5. The highest BCUT2D eigenvalue weighted by molar-refractivity contribution is 6.04. The zero-order valence-electron chi connectivity index (χ0n) is 14.0. The molecule has 7 heteroatoms. The van der Waals surface area contributed by atoms with Crippen LogP contribution < -0.4 is 14.8 Å². The minimum Gasteiger partial charge on any atom is -0.493 e. The zero-order chi connectivity index (χ0) is 17.6. The second-order valence-electron chi connectivity index (χ2n) is 5.31. The Bertz CT molecular complexity index is 862. The minimum atomic E-state index is -0.268. The van der Waals surface area contributed by atoms with Gasteiger partial charge in [0.05, 0.1) is 20.5 Å². The van der Waals surface area contributed by atoms with Gasteiger partial charge < -0.3 is 19.4 Å². The van der Waals surface area contributed by atoms with Crippen LogP contribution in [-0.4, -0.2) is 34.7 Å². The van der Waals surface area contributed by atoms with Crippen LogP contribution in [-0.2, 0) is 6.54 Å². The van der Waals surface area contributed by atoms with Gasteiger partial charge in [-0.25, -0.2) is 4.98 Å². The average molecular weight is 338 g/mol. The summed E-state index contributed by atoms with van der Waals surface area (Å²) in [5.74, 6) is 1.28. The number of nitrogens with one attached hydrogen (secondary N) is 1. The molecule has 7 nitrogen and oxygen atoms in total. The number of imidazole rings is 1. The van der Waals surface area contributed by atoms with Crippen LogP contribution in [0, 0.1) is 0 Å². The van der Waals surface area contributed by atoms with E-state index in [0.717, 1.165) is 5.56 Å². The molecule has 0 aliphatic carbocycles. The first kappa shape index (κ1) is 16.5. The number of ether oxygens (including phenoxy) is 2. The maximum atomic E-state index is 12.4. The van der Waals surface area contributed by atoms with Gasteiger partial charge >= 0.3 is 0 Å². The van der Waals surface area contributed by atoms with Gasteiger partial charge in [-0.1, -0.05) is 0 Å². The molecule has 0 aliphatic heterocycles. The molecule has 2 aromatic heterocycles. The first-order valence-electron chi connectivity index (χ1n) is 7.63. The lowest BCUT2D eigenvalue weighted by Gasteiger charge is -2.09. The molecule has 1 amide bonds. The van der Waals surface area contributed by atoms with E-state index in [0.29, 0.717) is 29.4 Å². The van der Waals surface area contributed by atoms with Crippen molar-refractivity contribution in [2.45, 2.75) is 6.54 Å². The van der Waals surface area contributed by atoms with Crippen molar-refractivity contribution in [3.63, 3.8) is 0 Å². The normalized spacial score (nSPS) is 10.3. The third-order valence-electron chi connectivity index (χ3n) is 3.64. The van der Waals surface area contributed by atoms with Crippen LogP contribution in [0.15, 0.2) is 55.2 Å². The summed E-state index contributed by atoms with van der Waals surface area (Å²) in [6, 6.07) is 8.85. The second-order valence-corrected chi connectivity index (χ2v) is 5.31. The van der Waals surface area contributed by atoms with E-state index in [9.17, 15) is 4.79 Å². The zero-order valence-corrected chi connectivity index (χ0v) is 14.0. The molecule has 0 unspecified atom stereocenters. The van der Waals surface area contributed by atoms with E-state index in [1.54, 1.807) is 50.2 Å². The maximum absolute atomic E-state index is 12.4. The number of carbonyl (C=O) groups is 1. The summed E-state index contributed by atoms with van der Waals surface area (Å²) in [5, 5.41) is 2.77. The molecule has 1 aromatic carbocycles. The number of aromatic nitrogens is 3. The van der Waals surface area contributed by atoms with Crippen LogP contribution in [0.3, 0.4) is 0 Å². The van der Waals surface area contributed by atoms with Gasteiger partial charge in [0.2, 0.25) is 0 Å². The number of anilines is 1. The molecule has 0 radical (unpaired) electrons. The molecule has 0 atom stereocenters. The van der Waals surface area contributed by atoms with Gasteiger partial charge in [0.25, 0.3) is 5.91 Å². The van der Waals surface area contributed by atoms with Gasteiger partial charge in [0.1, 0.15) is 0 Å². The van der Waals surface area contributed by atoms with Crippen molar-refractivity contribution < 1.29 is 14.3 Å². The highest BCUT2D eigenvalue weighted by Crippen LogP contribution is 2.27. The van der Waals surface area contributed by atoms with Crippen molar-refractivity contribution in [3.05, 3.63) is 66.4 Å². The van der Waals surface area contributed by atoms with E-state index < -0.39 is 0 Å². The fourth-order valence-electron chi connectivity index (χ4n) is 2.38. The summed E-state index contributed by atoms with van der Waals surface area (Å²) in [6.07, 6.45) is 6.93. The summed E-state index contributed by atoms with van der Waals surface area (Å²) in [7, 11) is 3.08. The van der Waals surface area contributed by atoms with Crippen LogP contribution >= 0.6 is 0 Å². The number of hydrogen-bond donors (Lipinski definition) is 1. The van der Waals surface area contributed by atoms with Crippen molar-refractivity contribution in [2.75, 3.05) is 19.5 Å². The van der Waals surface area contributed by atoms with Crippen LogP contribution in [0.5, 0.6) is 11.5 Å². The molecular weight excluding hydrogens is 320 g/mol. The molecule has 2 heterocycles. The van der Waals surface area contributed by atoms with Gasteiger partial charge in [-0.05, 0) is 35.9 Å². The Morgan fingerprint density at radius 2 is 1.88 bits per heavy atom. The topological polar surface area (TPSA) is 78.3 Å². The molecule has 0 bridgehead atoms. The lowest BCUT2D eigenvalue weighted by Crippen LogP contribution is -2.12. The van der Waals surface area contributed by atoms with Gasteiger partial charge in [0.15, 0.2) is 17.3 Å². The number of pyridine rings is 1. The molecule has 0 saturated carbocycles. The molecule has 0 spiro atoms. The fraction of sp³-hybridized carbons (Fsp3) is 0.167. The fourth-order valence-corrected chi connectivity index (χ4v) is 2.38. The van der Waals surface area contributed by atoms with Crippen molar-refractivity contribution in [1.29, 1.82) is 0 Å². The van der Waals surface area contributed by atoms with Crippen molar-refractivity contribution in [3.8, 4) is 11.5 Å². The minimum absolute atomic E-state index is 0.268. The molecule has 0 fully saturated rings. The quantitative estimate of drug-likeness (QED) is 0.747. The molecule has 0 aliphatic rings. The van der Waals surface area contributed by atoms with E-state index in [4.69, 9.17) is 9.47 Å². The summed E-state index contributed by atoms with van der Waals surface area (Å²) in [6.45, 7) is 0.655. The maximum Gasteiger partial charge on any atom is 0.256 e. The van der Waals surface area contributed by atoms with E-state index >= 15 is 0 Å². The third-order valence-corrected chi connectivity index (χ3v) is 3.64. The molecule has 3 rings (SSSR count). The smallest absolute Gasteiger partial charge is 0.256 e. The van der Waals surface area contributed by atoms with Crippen molar-refractivity contribution in [2.24, 2.45) is 0 Å². The number of methoxy groups -OCH3 is 2. The summed E-state index contributed by atoms with van der Waals surface area (Å²) in [4.78, 5) is 20.6. The highest BCUT2D eigenvalue weighted by atomic mass is 16.5. The third kappa shape index (κ3) is 3.95. The Hall–Kier alpha value is -3.35. The van der Waals surface area contributed by atoms with E-state index in [1.807, 2.05) is 16.7 Å². The van der Waals surface area contributed by atoms with Crippen LogP contribution in [0.4, 0.5) is 5.82 Å². The Morgan fingerprint density at radius 1 is 1.12 bits per heavy atom. The lowest BCUT2D eigenvalue weighted by molar-refractivity contribution is 0.102. The first-order chi connectivity index (χ1) is 12.2. The van der Waals surface area contributed by atoms with Gasteiger partial charge in [-0.15, -0.1) is 0 Å². The van der Waals surface area contributed by atoms with Crippen molar-refractivity contribution >= 4 is 11.7 Å². The Balaban J connectivity index is 1.69. The molecule has 0 saturated heterocycles. The van der Waals surface area contributed by atoms with Gasteiger partial charge in [-0.3, -0.25) is 9.78 Å². The highest BCUT2D eigenvalue weighted by Gasteiger charge is 2.12. The first-order valence-corrected chi connectivity index (χ1v) is 7.63. The van der Waals surface area contributed by atoms with Crippen LogP contribution in [0.2, 0.25) is 0 Å². The average Bonchev–Trinajstić information content (AvgIpc) is 3.08. The van der Waals surface area contributed by atoms with Gasteiger partial charge in [0, 0.05) is 30.7 Å². The number of rotatable bonds is 6. The number of nitrogens with zero attached hydrogens (tertiary/aromatic N) is 3. The summed E-state index contributed by atoms with van der Waals surface area (Å²) >= 11 is 0. The van der Waals surface area contributed by atoms with E-state index in [1.165, 1.54) is 7.11 Å². The number of benzene rings is 1. The Kier molecular flexibility index (Phi) is 4.94. The predicted octanol–water partition coefficient (Wildman–Crippen LogP) is 2.60. The molecular formula is C18H18N4O3. The van der Waals surface area contributed by atoms with Crippen LogP contribution in [0.1, 0.15) is 15.9 Å². The van der Waals surface area contributed by atoms with Crippen molar-refractivity contribution in [1.82, 2.24) is 14.5 Å². The molecule has 128 valence electrons. The second kappa shape index (κ2) is 7.48. The van der Waals surface area contributed by atoms with Gasteiger partial charge in [-0.2, -0.15) is 0 Å². The molecule has 3 aromatic rings. The van der Waals surface area contributed by atoms with E-state index in [-0.39, 0.29) is 5.91 Å². The predicted molar refractivity (Wildman–Crippen MR) is 93.1 cm³/mol. The summed E-state index contributed by atoms with van der Waals surface area (Å²) in [5.41, 5.74) is 1.56. The molecule has 25 heavy (non-hydrogen) atoms. The Morgan fingerprint density at radius 3 is 2.60 bits per heavy atom.